The molecule has 2 aliphatic rings. The minimum atomic E-state index is 0.601. The van der Waals surface area contributed by atoms with Gasteiger partial charge >= 0.3 is 0 Å². The number of nitrogens with zero attached hydrogens (tertiary/aromatic N) is 2. The summed E-state index contributed by atoms with van der Waals surface area (Å²) in [7, 11) is 0. The van der Waals surface area contributed by atoms with Crippen LogP contribution in [0.4, 0.5) is 0 Å². The van der Waals surface area contributed by atoms with Crippen molar-refractivity contribution >= 4 is 0 Å². The predicted molar refractivity (Wildman–Crippen MR) is 71.5 cm³/mol. The number of fused-ring (bicyclic) bond motifs is 5. The van der Waals surface area contributed by atoms with Gasteiger partial charge < -0.3 is 9.88 Å². The molecule has 0 fully saturated rings. The monoisotopic (exact) mass is 239 g/mol. The lowest BCUT2D eigenvalue weighted by Gasteiger charge is -2.24. The van der Waals surface area contributed by atoms with Crippen molar-refractivity contribution in [1.29, 1.82) is 0 Å². The number of hydrogen-bond donors (Lipinski definition) is 1. The van der Waals surface area contributed by atoms with Crippen LogP contribution in [0.3, 0.4) is 0 Å². The molecular weight excluding hydrogens is 222 g/mol. The molecule has 18 heavy (non-hydrogen) atoms. The van der Waals surface area contributed by atoms with Gasteiger partial charge in [-0.3, -0.25) is 0 Å². The lowest BCUT2D eigenvalue weighted by Crippen LogP contribution is -2.29. The van der Waals surface area contributed by atoms with Crippen molar-refractivity contribution in [3.8, 4) is 11.3 Å². The molecule has 2 heterocycles. The summed E-state index contributed by atoms with van der Waals surface area (Å²) >= 11 is 0. The molecule has 0 radical (unpaired) electrons. The van der Waals surface area contributed by atoms with Crippen molar-refractivity contribution in [2.45, 2.75) is 32.4 Å². The van der Waals surface area contributed by atoms with Gasteiger partial charge in [-0.05, 0) is 17.9 Å². The van der Waals surface area contributed by atoms with Crippen LogP contribution in [0, 0.1) is 0 Å². The third kappa shape index (κ3) is 1.31. The van der Waals surface area contributed by atoms with Gasteiger partial charge in [0.1, 0.15) is 5.82 Å². The maximum atomic E-state index is 4.87. The zero-order valence-electron chi connectivity index (χ0n) is 10.6. The summed E-state index contributed by atoms with van der Waals surface area (Å²) < 4.78 is 2.43. The Bertz CT molecular complexity index is 612. The maximum Gasteiger partial charge on any atom is 0.123 e. The lowest BCUT2D eigenvalue weighted by molar-refractivity contribution is 0.489. The molecule has 1 aliphatic carbocycles. The Balaban J connectivity index is 1.97. The van der Waals surface area contributed by atoms with Gasteiger partial charge in [0.25, 0.3) is 0 Å². The van der Waals surface area contributed by atoms with Crippen molar-refractivity contribution in [3.63, 3.8) is 0 Å². The molecule has 0 amide bonds. The Morgan fingerprint density at radius 1 is 1.33 bits per heavy atom. The van der Waals surface area contributed by atoms with Crippen molar-refractivity contribution in [2.75, 3.05) is 6.54 Å². The Labute approximate surface area is 107 Å². The van der Waals surface area contributed by atoms with Gasteiger partial charge in [-0.15, -0.1) is 0 Å². The fourth-order valence-corrected chi connectivity index (χ4v) is 3.29. The summed E-state index contributed by atoms with van der Waals surface area (Å²) in [6, 6.07) is 8.73. The van der Waals surface area contributed by atoms with Gasteiger partial charge in [0.2, 0.25) is 0 Å². The number of rotatable bonds is 0. The highest BCUT2D eigenvalue weighted by molar-refractivity contribution is 5.70. The number of nitrogens with one attached hydrogen (secondary N) is 1. The summed E-state index contributed by atoms with van der Waals surface area (Å²) in [5, 5.41) is 3.40. The molecule has 1 unspecified atom stereocenters. The van der Waals surface area contributed by atoms with Crippen LogP contribution in [0.5, 0.6) is 0 Å². The van der Waals surface area contributed by atoms with Gasteiger partial charge in [0.15, 0.2) is 0 Å². The average molecular weight is 239 g/mol. The van der Waals surface area contributed by atoms with Gasteiger partial charge in [-0.2, -0.15) is 0 Å². The van der Waals surface area contributed by atoms with Crippen molar-refractivity contribution in [2.24, 2.45) is 0 Å². The molecule has 92 valence electrons. The Morgan fingerprint density at radius 3 is 3.17 bits per heavy atom. The Morgan fingerprint density at radius 2 is 2.22 bits per heavy atom. The minimum Gasteiger partial charge on any atom is -0.329 e. The van der Waals surface area contributed by atoms with Crippen LogP contribution in [0.25, 0.3) is 11.3 Å². The van der Waals surface area contributed by atoms with E-state index in [1.165, 1.54) is 28.3 Å². The van der Waals surface area contributed by atoms with Gasteiger partial charge in [0, 0.05) is 24.3 Å². The predicted octanol–water partition coefficient (Wildman–Crippen LogP) is 2.31. The molecule has 1 aliphatic heterocycles. The molecule has 1 atom stereocenters. The average Bonchev–Trinajstić information content (AvgIpc) is 2.78. The summed E-state index contributed by atoms with van der Waals surface area (Å²) in [5.41, 5.74) is 5.46. The first kappa shape index (κ1) is 10.3. The Hall–Kier alpha value is -1.61. The smallest absolute Gasteiger partial charge is 0.123 e. The minimum absolute atomic E-state index is 0.601. The largest absolute Gasteiger partial charge is 0.329 e. The third-order valence-electron chi connectivity index (χ3n) is 4.19. The number of imidazole rings is 1. The fraction of sp³-hybridized carbons (Fsp3) is 0.400. The standard InChI is InChI=1S/C15H17N3/c1-10-8-13-15(12-5-3-2-4-11(10)12)17-14-9-16-6-7-18(13)14/h2-5,10,16H,6-9H2,1H3. The van der Waals surface area contributed by atoms with Crippen molar-refractivity contribution in [3.05, 3.63) is 41.3 Å². The normalized spacial score (nSPS) is 21.1. The second-order valence-electron chi connectivity index (χ2n) is 5.34. The third-order valence-corrected chi connectivity index (χ3v) is 4.19. The lowest BCUT2D eigenvalue weighted by atomic mass is 9.84. The zero-order valence-corrected chi connectivity index (χ0v) is 10.6. The van der Waals surface area contributed by atoms with Crippen LogP contribution in [-0.4, -0.2) is 16.1 Å². The molecule has 3 nitrogen and oxygen atoms in total. The van der Waals surface area contributed by atoms with E-state index < -0.39 is 0 Å². The highest BCUT2D eigenvalue weighted by atomic mass is 15.2. The van der Waals surface area contributed by atoms with Crippen LogP contribution in [0.15, 0.2) is 24.3 Å². The maximum absolute atomic E-state index is 4.87. The van der Waals surface area contributed by atoms with Crippen LogP contribution < -0.4 is 5.32 Å². The van der Waals surface area contributed by atoms with E-state index in [9.17, 15) is 0 Å². The molecule has 2 aromatic rings. The molecular formula is C15H17N3. The topological polar surface area (TPSA) is 29.9 Å². The summed E-state index contributed by atoms with van der Waals surface area (Å²) in [5.74, 6) is 1.81. The molecule has 1 N–H and O–H groups in total. The van der Waals surface area contributed by atoms with Gasteiger partial charge in [-0.1, -0.05) is 31.2 Å². The molecule has 0 spiro atoms. The van der Waals surface area contributed by atoms with E-state index in [1.54, 1.807) is 0 Å². The zero-order chi connectivity index (χ0) is 12.1. The molecule has 0 saturated heterocycles. The van der Waals surface area contributed by atoms with Gasteiger partial charge in [0.05, 0.1) is 12.2 Å². The first-order chi connectivity index (χ1) is 8.84. The van der Waals surface area contributed by atoms with Crippen molar-refractivity contribution in [1.82, 2.24) is 14.9 Å². The van der Waals surface area contributed by atoms with E-state index >= 15 is 0 Å². The molecule has 0 bridgehead atoms. The second-order valence-corrected chi connectivity index (χ2v) is 5.34. The molecule has 0 saturated carbocycles. The number of hydrogen-bond acceptors (Lipinski definition) is 2. The highest BCUT2D eigenvalue weighted by Crippen LogP contribution is 2.39. The van der Waals surface area contributed by atoms with Crippen LogP contribution in [0.2, 0.25) is 0 Å². The van der Waals surface area contributed by atoms with E-state index in [-0.39, 0.29) is 0 Å². The Kier molecular flexibility index (Phi) is 2.12. The molecule has 1 aromatic heterocycles. The molecule has 3 heteroatoms. The van der Waals surface area contributed by atoms with Crippen LogP contribution >= 0.6 is 0 Å². The highest BCUT2D eigenvalue weighted by Gasteiger charge is 2.28. The molecule has 1 aromatic carbocycles. The first-order valence-corrected chi connectivity index (χ1v) is 6.73. The summed E-state index contributed by atoms with van der Waals surface area (Å²) in [4.78, 5) is 4.87. The first-order valence-electron chi connectivity index (χ1n) is 6.73. The van der Waals surface area contributed by atoms with E-state index in [0.717, 1.165) is 26.1 Å². The van der Waals surface area contributed by atoms with Crippen LogP contribution in [0.1, 0.15) is 29.9 Å². The summed E-state index contributed by atoms with van der Waals surface area (Å²) in [6.45, 7) is 5.35. The van der Waals surface area contributed by atoms with E-state index in [0.29, 0.717) is 5.92 Å². The van der Waals surface area contributed by atoms with E-state index in [4.69, 9.17) is 4.98 Å². The summed E-state index contributed by atoms with van der Waals surface area (Å²) in [6.07, 6.45) is 1.12. The quantitative estimate of drug-likeness (QED) is 0.764. The van der Waals surface area contributed by atoms with E-state index in [2.05, 4.69) is 41.1 Å². The van der Waals surface area contributed by atoms with Crippen molar-refractivity contribution < 1.29 is 0 Å². The number of aromatic nitrogens is 2. The van der Waals surface area contributed by atoms with Gasteiger partial charge in [-0.25, -0.2) is 4.98 Å². The number of benzene rings is 1. The molecule has 4 rings (SSSR count). The van der Waals surface area contributed by atoms with E-state index in [1.807, 2.05) is 0 Å². The second kappa shape index (κ2) is 3.69. The fourth-order valence-electron chi connectivity index (χ4n) is 3.29. The van der Waals surface area contributed by atoms with Crippen LogP contribution in [-0.2, 0) is 19.5 Å². The SMILES string of the molecule is CC1Cc2c(nc3n2CCNC3)-c2ccccc21.